The van der Waals surface area contributed by atoms with Crippen molar-refractivity contribution in [3.63, 3.8) is 0 Å². The average Bonchev–Trinajstić information content (AvgIpc) is 2.75. The van der Waals surface area contributed by atoms with Gasteiger partial charge in [0, 0.05) is 30.2 Å². The van der Waals surface area contributed by atoms with Gasteiger partial charge in [-0.2, -0.15) is 0 Å². The third-order valence-corrected chi connectivity index (χ3v) is 6.49. The van der Waals surface area contributed by atoms with Gasteiger partial charge in [0.1, 0.15) is 6.04 Å². The Bertz CT molecular complexity index is 862. The molecule has 0 spiro atoms. The molecule has 0 aliphatic rings. The van der Waals surface area contributed by atoms with Crippen LogP contribution in [0, 0.1) is 5.92 Å². The summed E-state index contributed by atoms with van der Waals surface area (Å²) in [6, 6.07) is 14.7. The summed E-state index contributed by atoms with van der Waals surface area (Å²) in [5, 5.41) is 3.87. The van der Waals surface area contributed by atoms with E-state index in [1.54, 1.807) is 28.8 Å². The van der Waals surface area contributed by atoms with Crippen LogP contribution in [0.15, 0.2) is 53.4 Å². The van der Waals surface area contributed by atoms with Gasteiger partial charge in [-0.05, 0) is 42.2 Å². The van der Waals surface area contributed by atoms with Crippen LogP contribution in [0.4, 0.5) is 0 Å². The van der Waals surface area contributed by atoms with Crippen LogP contribution in [0.5, 0.6) is 0 Å². The highest BCUT2D eigenvalue weighted by molar-refractivity contribution is 7.99. The summed E-state index contributed by atoms with van der Waals surface area (Å²) in [6.07, 6.45) is 0.873. The molecule has 168 valence electrons. The summed E-state index contributed by atoms with van der Waals surface area (Å²) in [5.74, 6) is 0.800. The fourth-order valence-corrected chi connectivity index (χ4v) is 4.28. The molecule has 0 heterocycles. The molecule has 0 unspecified atom stereocenters. The van der Waals surface area contributed by atoms with Gasteiger partial charge < -0.3 is 10.2 Å². The molecule has 0 radical (unpaired) electrons. The lowest BCUT2D eigenvalue weighted by Crippen LogP contribution is -2.49. The highest BCUT2D eigenvalue weighted by Crippen LogP contribution is 2.25. The fourth-order valence-electron chi connectivity index (χ4n) is 3.09. The van der Waals surface area contributed by atoms with Gasteiger partial charge in [0.05, 0.1) is 10.0 Å². The van der Waals surface area contributed by atoms with E-state index in [0.29, 0.717) is 47.6 Å². The van der Waals surface area contributed by atoms with E-state index in [2.05, 4.69) is 5.32 Å². The van der Waals surface area contributed by atoms with Crippen molar-refractivity contribution in [1.82, 2.24) is 10.2 Å². The van der Waals surface area contributed by atoms with Gasteiger partial charge >= 0.3 is 0 Å². The molecule has 2 aromatic carbocycles. The number of rotatable bonds is 11. The Morgan fingerprint density at radius 1 is 1.06 bits per heavy atom. The van der Waals surface area contributed by atoms with Crippen molar-refractivity contribution in [2.24, 2.45) is 5.92 Å². The zero-order valence-electron chi connectivity index (χ0n) is 18.2. The second kappa shape index (κ2) is 13.0. The van der Waals surface area contributed by atoms with Crippen LogP contribution in [0.25, 0.3) is 0 Å². The lowest BCUT2D eigenvalue weighted by molar-refractivity contribution is -0.141. The van der Waals surface area contributed by atoms with E-state index < -0.39 is 6.04 Å². The summed E-state index contributed by atoms with van der Waals surface area (Å²) in [6.45, 7) is 6.89. The summed E-state index contributed by atoms with van der Waals surface area (Å²) >= 11 is 13.8. The molecular formula is C24H30Cl2N2O2S. The molecule has 0 saturated carbocycles. The molecule has 1 atom stereocenters. The molecule has 0 bridgehead atoms. The third-order valence-electron chi connectivity index (χ3n) is 4.74. The van der Waals surface area contributed by atoms with E-state index in [9.17, 15) is 9.59 Å². The Morgan fingerprint density at radius 2 is 1.77 bits per heavy atom. The molecule has 2 amide bonds. The Balaban J connectivity index is 2.15. The minimum Gasteiger partial charge on any atom is -0.354 e. The Hall–Kier alpha value is -1.69. The molecule has 0 aromatic heterocycles. The molecule has 4 nitrogen and oxygen atoms in total. The first-order chi connectivity index (χ1) is 14.8. The maximum Gasteiger partial charge on any atom is 0.242 e. The lowest BCUT2D eigenvalue weighted by Gasteiger charge is -2.31. The number of amides is 2. The van der Waals surface area contributed by atoms with Crippen molar-refractivity contribution in [3.05, 3.63) is 64.1 Å². The standard InChI is InChI=1S/C24H30Cl2N2O2S/c1-4-22(24(30)27-15-17(2)3)28(16-18-10-11-20(25)21(26)14-18)23(29)12-13-31-19-8-6-5-7-9-19/h5-11,14,17,22H,4,12-13,15-16H2,1-3H3,(H,27,30)/t22-/m0/s1. The van der Waals surface area contributed by atoms with Crippen molar-refractivity contribution >= 4 is 46.8 Å². The van der Waals surface area contributed by atoms with Gasteiger partial charge in [0.25, 0.3) is 0 Å². The molecule has 7 heteroatoms. The van der Waals surface area contributed by atoms with Crippen molar-refractivity contribution in [3.8, 4) is 0 Å². The van der Waals surface area contributed by atoms with E-state index in [4.69, 9.17) is 23.2 Å². The number of carbonyl (C=O) groups is 2. The van der Waals surface area contributed by atoms with Crippen LogP contribution in [0.3, 0.4) is 0 Å². The number of halogens is 2. The number of hydrogen-bond acceptors (Lipinski definition) is 3. The van der Waals surface area contributed by atoms with Gasteiger partial charge in [0.2, 0.25) is 11.8 Å². The van der Waals surface area contributed by atoms with Crippen LogP contribution in [-0.4, -0.2) is 35.1 Å². The molecule has 0 aliphatic heterocycles. The van der Waals surface area contributed by atoms with E-state index in [-0.39, 0.29) is 11.8 Å². The van der Waals surface area contributed by atoms with Crippen molar-refractivity contribution in [2.45, 2.75) is 51.1 Å². The van der Waals surface area contributed by atoms with Gasteiger partial charge in [0.15, 0.2) is 0 Å². The second-order valence-corrected chi connectivity index (χ2v) is 9.73. The van der Waals surface area contributed by atoms with Crippen molar-refractivity contribution < 1.29 is 9.59 Å². The third kappa shape index (κ3) is 8.40. The molecule has 31 heavy (non-hydrogen) atoms. The predicted octanol–water partition coefficient (Wildman–Crippen LogP) is 6.06. The summed E-state index contributed by atoms with van der Waals surface area (Å²) in [7, 11) is 0. The highest BCUT2D eigenvalue weighted by Gasteiger charge is 2.28. The number of nitrogens with zero attached hydrogens (tertiary/aromatic N) is 1. The SMILES string of the molecule is CC[C@@H](C(=O)NCC(C)C)N(Cc1ccc(Cl)c(Cl)c1)C(=O)CCSc1ccccc1. The van der Waals surface area contributed by atoms with E-state index in [1.165, 1.54) is 0 Å². The monoisotopic (exact) mass is 480 g/mol. The van der Waals surface area contributed by atoms with Crippen molar-refractivity contribution in [1.29, 1.82) is 0 Å². The van der Waals surface area contributed by atoms with E-state index in [0.717, 1.165) is 10.5 Å². The zero-order valence-corrected chi connectivity index (χ0v) is 20.6. The quantitative estimate of drug-likeness (QED) is 0.397. The maximum atomic E-state index is 13.2. The number of thioether (sulfide) groups is 1. The van der Waals surface area contributed by atoms with Crippen LogP contribution in [0.1, 0.15) is 39.2 Å². The molecule has 2 rings (SSSR count). The first-order valence-corrected chi connectivity index (χ1v) is 12.2. The zero-order chi connectivity index (χ0) is 22.8. The molecule has 2 aromatic rings. The normalized spacial score (nSPS) is 11.9. The first kappa shape index (κ1) is 25.6. The maximum absolute atomic E-state index is 13.2. The van der Waals surface area contributed by atoms with E-state index in [1.807, 2.05) is 57.2 Å². The largest absolute Gasteiger partial charge is 0.354 e. The summed E-state index contributed by atoms with van der Waals surface area (Å²) in [4.78, 5) is 28.9. The van der Waals surface area contributed by atoms with Gasteiger partial charge in [-0.1, -0.05) is 68.2 Å². The fraction of sp³-hybridized carbons (Fsp3) is 0.417. The molecule has 0 fully saturated rings. The van der Waals surface area contributed by atoms with Crippen LogP contribution >= 0.6 is 35.0 Å². The van der Waals surface area contributed by atoms with Crippen LogP contribution in [0.2, 0.25) is 10.0 Å². The topological polar surface area (TPSA) is 49.4 Å². The smallest absolute Gasteiger partial charge is 0.242 e. The van der Waals surface area contributed by atoms with Gasteiger partial charge in [-0.3, -0.25) is 9.59 Å². The summed E-state index contributed by atoms with van der Waals surface area (Å²) in [5.41, 5.74) is 0.841. The summed E-state index contributed by atoms with van der Waals surface area (Å²) < 4.78 is 0. The number of benzene rings is 2. The minimum atomic E-state index is -0.539. The van der Waals surface area contributed by atoms with Crippen molar-refractivity contribution in [2.75, 3.05) is 12.3 Å². The predicted molar refractivity (Wildman–Crippen MR) is 131 cm³/mol. The molecule has 0 saturated heterocycles. The first-order valence-electron chi connectivity index (χ1n) is 10.5. The van der Waals surface area contributed by atoms with Crippen LogP contribution in [-0.2, 0) is 16.1 Å². The van der Waals surface area contributed by atoms with Gasteiger partial charge in [-0.25, -0.2) is 0 Å². The molecular weight excluding hydrogens is 451 g/mol. The second-order valence-electron chi connectivity index (χ2n) is 7.74. The van der Waals surface area contributed by atoms with Crippen LogP contribution < -0.4 is 5.32 Å². The highest BCUT2D eigenvalue weighted by atomic mass is 35.5. The Labute approximate surface area is 199 Å². The van der Waals surface area contributed by atoms with Gasteiger partial charge in [-0.15, -0.1) is 11.8 Å². The molecule has 1 N–H and O–H groups in total. The van der Waals surface area contributed by atoms with E-state index >= 15 is 0 Å². The Kier molecular flexibility index (Phi) is 10.7. The number of hydrogen-bond donors (Lipinski definition) is 1. The minimum absolute atomic E-state index is 0.0546. The number of nitrogens with one attached hydrogen (secondary N) is 1. The molecule has 0 aliphatic carbocycles. The Morgan fingerprint density at radius 3 is 2.39 bits per heavy atom. The lowest BCUT2D eigenvalue weighted by atomic mass is 10.1. The average molecular weight is 481 g/mol. The number of carbonyl (C=O) groups excluding carboxylic acids is 2.